The van der Waals surface area contributed by atoms with E-state index < -0.39 is 24.8 Å². The number of alkyl halides is 2. The molecule has 1 amide bonds. The van der Waals surface area contributed by atoms with E-state index in [0.717, 1.165) is 5.69 Å². The molecule has 0 bridgehead atoms. The van der Waals surface area contributed by atoms with Gasteiger partial charge in [-0.3, -0.25) is 4.79 Å². The van der Waals surface area contributed by atoms with Crippen LogP contribution in [0.1, 0.15) is 21.7 Å². The first kappa shape index (κ1) is 21.3. The third-order valence-electron chi connectivity index (χ3n) is 4.76. The van der Waals surface area contributed by atoms with E-state index in [1.807, 2.05) is 0 Å². The highest BCUT2D eigenvalue weighted by Crippen LogP contribution is 2.42. The van der Waals surface area contributed by atoms with Gasteiger partial charge in [0.2, 0.25) is 0 Å². The number of aromatic nitrogens is 1. The molecule has 32 heavy (non-hydrogen) atoms. The standard InChI is InChI=1S/C22H17F3N2O5/c1-12-9-17(13(2)27(12)16-6-3-14(23)4-7-16)21(29)30-11-20(28)26-15-5-8-18-19(10-15)32-22(24,25)31-18/h3-10H,11H2,1-2H3,(H,26,28). The fraction of sp³-hybridized carbons (Fsp3) is 0.182. The molecule has 7 nitrogen and oxygen atoms in total. The number of nitrogens with zero attached hydrogens (tertiary/aromatic N) is 1. The predicted octanol–water partition coefficient (Wildman–Crippen LogP) is 4.35. The third kappa shape index (κ3) is 4.25. The minimum atomic E-state index is -3.76. The van der Waals surface area contributed by atoms with Gasteiger partial charge < -0.3 is 24.1 Å². The van der Waals surface area contributed by atoms with Gasteiger partial charge in [0.1, 0.15) is 5.82 Å². The van der Waals surface area contributed by atoms with Gasteiger partial charge in [-0.15, -0.1) is 8.78 Å². The summed E-state index contributed by atoms with van der Waals surface area (Å²) in [7, 11) is 0. The van der Waals surface area contributed by atoms with E-state index >= 15 is 0 Å². The van der Waals surface area contributed by atoms with Crippen LogP contribution < -0.4 is 14.8 Å². The average molecular weight is 446 g/mol. The number of fused-ring (bicyclic) bond motifs is 1. The SMILES string of the molecule is Cc1cc(C(=O)OCC(=O)Nc2ccc3c(c2)OC(F)(F)O3)c(C)n1-c1ccc(F)cc1. The number of amides is 1. The number of aryl methyl sites for hydroxylation is 1. The molecule has 166 valence electrons. The summed E-state index contributed by atoms with van der Waals surface area (Å²) in [6.45, 7) is 2.89. The van der Waals surface area contributed by atoms with Gasteiger partial charge in [-0.1, -0.05) is 0 Å². The number of nitrogens with one attached hydrogen (secondary N) is 1. The summed E-state index contributed by atoms with van der Waals surface area (Å²) in [5.74, 6) is -2.14. The average Bonchev–Trinajstić information content (AvgIpc) is 3.20. The van der Waals surface area contributed by atoms with E-state index in [0.29, 0.717) is 11.4 Å². The Kier molecular flexibility index (Phi) is 5.29. The van der Waals surface area contributed by atoms with Crippen LogP contribution in [0.2, 0.25) is 0 Å². The monoisotopic (exact) mass is 446 g/mol. The number of halogens is 3. The van der Waals surface area contributed by atoms with Crippen molar-refractivity contribution in [3.63, 3.8) is 0 Å². The minimum absolute atomic E-state index is 0.157. The number of anilines is 1. The first-order valence-corrected chi connectivity index (χ1v) is 9.45. The van der Waals surface area contributed by atoms with Crippen LogP contribution in [0.25, 0.3) is 5.69 Å². The summed E-state index contributed by atoms with van der Waals surface area (Å²) in [5.41, 5.74) is 2.39. The fourth-order valence-corrected chi connectivity index (χ4v) is 3.39. The van der Waals surface area contributed by atoms with Crippen LogP contribution in [-0.2, 0) is 9.53 Å². The van der Waals surface area contributed by atoms with E-state index in [2.05, 4.69) is 14.8 Å². The minimum Gasteiger partial charge on any atom is -0.452 e. The molecule has 1 N–H and O–H groups in total. The highest BCUT2D eigenvalue weighted by molar-refractivity contribution is 5.96. The number of hydrogen-bond donors (Lipinski definition) is 1. The molecule has 0 atom stereocenters. The Morgan fingerprint density at radius 3 is 2.44 bits per heavy atom. The van der Waals surface area contributed by atoms with E-state index in [4.69, 9.17) is 4.74 Å². The second-order valence-electron chi connectivity index (χ2n) is 7.05. The quantitative estimate of drug-likeness (QED) is 0.590. The molecule has 0 spiro atoms. The van der Waals surface area contributed by atoms with Gasteiger partial charge in [0, 0.05) is 28.8 Å². The number of carbonyl (C=O) groups excluding carboxylic acids is 2. The summed E-state index contributed by atoms with van der Waals surface area (Å²) in [6, 6.07) is 11.1. The van der Waals surface area contributed by atoms with E-state index in [-0.39, 0.29) is 28.6 Å². The van der Waals surface area contributed by atoms with Crippen molar-refractivity contribution in [2.75, 3.05) is 11.9 Å². The van der Waals surface area contributed by atoms with Crippen molar-refractivity contribution in [1.82, 2.24) is 4.57 Å². The highest BCUT2D eigenvalue weighted by Gasteiger charge is 2.43. The van der Waals surface area contributed by atoms with E-state index in [9.17, 15) is 22.8 Å². The largest absolute Gasteiger partial charge is 0.586 e. The number of hydrogen-bond acceptors (Lipinski definition) is 5. The third-order valence-corrected chi connectivity index (χ3v) is 4.76. The second-order valence-corrected chi connectivity index (χ2v) is 7.05. The Labute approximate surface area is 180 Å². The molecule has 0 saturated carbocycles. The molecular weight excluding hydrogens is 429 g/mol. The van der Waals surface area contributed by atoms with Crippen LogP contribution in [-0.4, -0.2) is 29.3 Å². The summed E-state index contributed by atoms with van der Waals surface area (Å²) in [4.78, 5) is 24.6. The van der Waals surface area contributed by atoms with Crippen LogP contribution >= 0.6 is 0 Å². The van der Waals surface area contributed by atoms with Crippen molar-refractivity contribution in [2.45, 2.75) is 20.1 Å². The van der Waals surface area contributed by atoms with Crippen molar-refractivity contribution in [2.24, 2.45) is 0 Å². The molecule has 0 fully saturated rings. The van der Waals surface area contributed by atoms with Gasteiger partial charge in [0.15, 0.2) is 18.1 Å². The van der Waals surface area contributed by atoms with E-state index in [1.165, 1.54) is 30.3 Å². The van der Waals surface area contributed by atoms with Gasteiger partial charge in [-0.2, -0.15) is 0 Å². The lowest BCUT2D eigenvalue weighted by atomic mass is 10.2. The lowest BCUT2D eigenvalue weighted by molar-refractivity contribution is -0.286. The van der Waals surface area contributed by atoms with Crippen LogP contribution in [0.3, 0.4) is 0 Å². The Balaban J connectivity index is 1.40. The Morgan fingerprint density at radius 2 is 1.72 bits per heavy atom. The molecule has 0 saturated heterocycles. The van der Waals surface area contributed by atoms with Gasteiger partial charge >= 0.3 is 12.3 Å². The first-order chi connectivity index (χ1) is 15.1. The van der Waals surface area contributed by atoms with Crippen molar-refractivity contribution < 1.29 is 37.0 Å². The second kappa shape index (κ2) is 7.95. The van der Waals surface area contributed by atoms with Crippen LogP contribution in [0.15, 0.2) is 48.5 Å². The number of benzene rings is 2. The zero-order valence-corrected chi connectivity index (χ0v) is 16.9. The topological polar surface area (TPSA) is 78.8 Å². The van der Waals surface area contributed by atoms with Gasteiger partial charge in [0.05, 0.1) is 5.56 Å². The van der Waals surface area contributed by atoms with Gasteiger partial charge in [-0.25, -0.2) is 9.18 Å². The van der Waals surface area contributed by atoms with Crippen molar-refractivity contribution in [1.29, 1.82) is 0 Å². The predicted molar refractivity (Wildman–Crippen MR) is 107 cm³/mol. The number of rotatable bonds is 5. The summed E-state index contributed by atoms with van der Waals surface area (Å²) < 4.78 is 54.8. The number of ether oxygens (including phenoxy) is 3. The molecule has 1 aliphatic heterocycles. The fourth-order valence-electron chi connectivity index (χ4n) is 3.39. The van der Waals surface area contributed by atoms with Gasteiger partial charge in [-0.05, 0) is 56.3 Å². The van der Waals surface area contributed by atoms with Crippen LogP contribution in [0, 0.1) is 19.7 Å². The molecule has 4 rings (SSSR count). The van der Waals surface area contributed by atoms with Crippen molar-refractivity contribution in [3.05, 3.63) is 71.3 Å². The highest BCUT2D eigenvalue weighted by atomic mass is 19.3. The molecule has 2 aromatic carbocycles. The molecule has 3 aromatic rings. The molecular formula is C22H17F3N2O5. The molecule has 10 heteroatoms. The zero-order chi connectivity index (χ0) is 23.0. The maximum atomic E-state index is 13.2. The molecule has 0 aliphatic carbocycles. The maximum Gasteiger partial charge on any atom is 0.586 e. The Hall–Kier alpha value is -3.95. The molecule has 1 aliphatic rings. The van der Waals surface area contributed by atoms with Crippen LogP contribution in [0.4, 0.5) is 18.9 Å². The smallest absolute Gasteiger partial charge is 0.452 e. The van der Waals surface area contributed by atoms with Crippen molar-refractivity contribution >= 4 is 17.6 Å². The summed E-state index contributed by atoms with van der Waals surface area (Å²) in [6.07, 6.45) is -3.76. The van der Waals surface area contributed by atoms with E-state index in [1.54, 1.807) is 36.6 Å². The normalized spacial score (nSPS) is 13.7. The molecule has 0 radical (unpaired) electrons. The molecule has 0 unspecified atom stereocenters. The lowest BCUT2D eigenvalue weighted by Crippen LogP contribution is -2.25. The summed E-state index contributed by atoms with van der Waals surface area (Å²) >= 11 is 0. The zero-order valence-electron chi connectivity index (χ0n) is 16.9. The summed E-state index contributed by atoms with van der Waals surface area (Å²) in [5, 5.41) is 2.43. The molecule has 2 heterocycles. The maximum absolute atomic E-state index is 13.2. The van der Waals surface area contributed by atoms with Gasteiger partial charge in [0.25, 0.3) is 5.91 Å². The molecule has 1 aromatic heterocycles. The first-order valence-electron chi connectivity index (χ1n) is 9.45. The van der Waals surface area contributed by atoms with Crippen molar-refractivity contribution in [3.8, 4) is 17.2 Å². The number of carbonyl (C=O) groups is 2. The lowest BCUT2D eigenvalue weighted by Gasteiger charge is -2.10. The van der Waals surface area contributed by atoms with Crippen LogP contribution in [0.5, 0.6) is 11.5 Å². The Bertz CT molecular complexity index is 1210. The Morgan fingerprint density at radius 1 is 1.03 bits per heavy atom. The number of esters is 1.